The van der Waals surface area contributed by atoms with Gasteiger partial charge in [0.2, 0.25) is 0 Å². The minimum Gasteiger partial charge on any atom is -0.456 e. The molecule has 2 aromatic heterocycles. The predicted molar refractivity (Wildman–Crippen MR) is 202 cm³/mol. The maximum Gasteiger partial charge on any atom is 0.138 e. The SMILES string of the molecule is c1ccc(-c2ccc(N(c3ccc4c(c3)sc3c5ccccc5ccc43)c3cc4oc5ccccc5c4c4ccccc34)cc2)cc1. The van der Waals surface area contributed by atoms with E-state index in [0.29, 0.717) is 0 Å². The summed E-state index contributed by atoms with van der Waals surface area (Å²) in [6.45, 7) is 0. The van der Waals surface area contributed by atoms with Crippen LogP contribution in [0, 0.1) is 0 Å². The van der Waals surface area contributed by atoms with Gasteiger partial charge in [-0.2, -0.15) is 0 Å². The van der Waals surface area contributed by atoms with E-state index < -0.39 is 0 Å². The predicted octanol–water partition coefficient (Wildman–Crippen LogP) is 13.4. The second-order valence-electron chi connectivity index (χ2n) is 12.1. The van der Waals surface area contributed by atoms with Gasteiger partial charge in [0.25, 0.3) is 0 Å². The number of para-hydroxylation sites is 1. The van der Waals surface area contributed by atoms with Gasteiger partial charge < -0.3 is 9.32 Å². The number of hydrogen-bond donors (Lipinski definition) is 0. The second-order valence-corrected chi connectivity index (χ2v) is 13.2. The summed E-state index contributed by atoms with van der Waals surface area (Å²) in [5.74, 6) is 0. The number of furan rings is 1. The smallest absolute Gasteiger partial charge is 0.138 e. The molecule has 220 valence electrons. The molecule has 0 atom stereocenters. The van der Waals surface area contributed by atoms with Crippen LogP contribution in [0.3, 0.4) is 0 Å². The lowest BCUT2D eigenvalue weighted by Crippen LogP contribution is -2.10. The van der Waals surface area contributed by atoms with Crippen LogP contribution < -0.4 is 4.90 Å². The number of benzene rings is 8. The molecule has 0 radical (unpaired) electrons. The molecule has 0 unspecified atom stereocenters. The van der Waals surface area contributed by atoms with Crippen LogP contribution >= 0.6 is 11.3 Å². The number of rotatable bonds is 4. The van der Waals surface area contributed by atoms with Gasteiger partial charge in [-0.15, -0.1) is 11.3 Å². The van der Waals surface area contributed by atoms with Gasteiger partial charge in [0.15, 0.2) is 0 Å². The molecule has 10 rings (SSSR count). The maximum absolute atomic E-state index is 6.53. The third-order valence-electron chi connectivity index (χ3n) is 9.44. The van der Waals surface area contributed by atoms with E-state index in [0.717, 1.165) is 39.0 Å². The first-order valence-electron chi connectivity index (χ1n) is 15.9. The highest BCUT2D eigenvalue weighted by Crippen LogP contribution is 2.47. The molecule has 10 aromatic rings. The molecular formula is C44H27NOS. The Morgan fingerprint density at radius 2 is 1.09 bits per heavy atom. The molecular weight excluding hydrogens is 591 g/mol. The molecule has 8 aromatic carbocycles. The summed E-state index contributed by atoms with van der Waals surface area (Å²) in [5.41, 5.74) is 7.49. The van der Waals surface area contributed by atoms with Crippen LogP contribution in [0.25, 0.3) is 74.8 Å². The van der Waals surface area contributed by atoms with Crippen LogP contribution in [0.5, 0.6) is 0 Å². The molecule has 0 fully saturated rings. The zero-order valence-corrected chi connectivity index (χ0v) is 26.2. The number of fused-ring (bicyclic) bond motifs is 10. The molecule has 47 heavy (non-hydrogen) atoms. The van der Waals surface area contributed by atoms with E-state index in [4.69, 9.17) is 4.42 Å². The van der Waals surface area contributed by atoms with Crippen molar-refractivity contribution in [3.8, 4) is 11.1 Å². The molecule has 0 saturated carbocycles. The van der Waals surface area contributed by atoms with Crippen molar-refractivity contribution in [2.45, 2.75) is 0 Å². The Morgan fingerprint density at radius 3 is 1.94 bits per heavy atom. The molecule has 2 nitrogen and oxygen atoms in total. The Balaban J connectivity index is 1.24. The van der Waals surface area contributed by atoms with Crippen molar-refractivity contribution in [1.82, 2.24) is 0 Å². The molecule has 0 aliphatic carbocycles. The molecule has 0 amide bonds. The number of nitrogens with zero attached hydrogens (tertiary/aromatic N) is 1. The molecule has 0 spiro atoms. The monoisotopic (exact) mass is 617 g/mol. The Hall–Kier alpha value is -5.90. The average molecular weight is 618 g/mol. The summed E-state index contributed by atoms with van der Waals surface area (Å²) in [5, 5.41) is 9.85. The van der Waals surface area contributed by atoms with Crippen molar-refractivity contribution in [1.29, 1.82) is 0 Å². The lowest BCUT2D eigenvalue weighted by Gasteiger charge is -2.27. The van der Waals surface area contributed by atoms with Crippen molar-refractivity contribution in [2.75, 3.05) is 4.90 Å². The van der Waals surface area contributed by atoms with E-state index >= 15 is 0 Å². The van der Waals surface area contributed by atoms with Gasteiger partial charge in [0, 0.05) is 53.8 Å². The minimum atomic E-state index is 0.889. The van der Waals surface area contributed by atoms with Crippen molar-refractivity contribution >= 4 is 92.1 Å². The van der Waals surface area contributed by atoms with Gasteiger partial charge in [-0.25, -0.2) is 0 Å². The topological polar surface area (TPSA) is 16.4 Å². The molecule has 0 N–H and O–H groups in total. The summed E-state index contributed by atoms with van der Waals surface area (Å²) in [6.07, 6.45) is 0. The average Bonchev–Trinajstić information content (AvgIpc) is 3.71. The molecule has 0 aliphatic rings. The zero-order valence-electron chi connectivity index (χ0n) is 25.4. The quantitative estimate of drug-likeness (QED) is 0.195. The Bertz CT molecular complexity index is 2790. The first-order valence-corrected chi connectivity index (χ1v) is 16.7. The van der Waals surface area contributed by atoms with E-state index in [2.05, 4.69) is 163 Å². The standard InChI is InChI=1S/C44H27NOS/c1-2-10-28(11-3-1)29-18-21-31(22-19-29)45(32-23-25-35-37-24-20-30-12-4-5-13-33(30)44(37)47-42(35)26-32)39-27-41-43(36-15-7-6-14-34(36)39)38-16-8-9-17-40(38)46-41/h1-27H. The van der Waals surface area contributed by atoms with Crippen LogP contribution in [-0.2, 0) is 0 Å². The Morgan fingerprint density at radius 1 is 0.426 bits per heavy atom. The third-order valence-corrected chi connectivity index (χ3v) is 10.6. The van der Waals surface area contributed by atoms with Gasteiger partial charge >= 0.3 is 0 Å². The number of hydrogen-bond acceptors (Lipinski definition) is 3. The molecule has 2 heterocycles. The van der Waals surface area contributed by atoms with Crippen molar-refractivity contribution < 1.29 is 4.42 Å². The van der Waals surface area contributed by atoms with E-state index in [1.54, 1.807) is 0 Å². The summed E-state index contributed by atoms with van der Waals surface area (Å²) in [4.78, 5) is 2.39. The van der Waals surface area contributed by atoms with Gasteiger partial charge in [-0.05, 0) is 57.6 Å². The van der Waals surface area contributed by atoms with Crippen LogP contribution in [0.2, 0.25) is 0 Å². The van der Waals surface area contributed by atoms with Gasteiger partial charge in [0.05, 0.1) is 5.69 Å². The maximum atomic E-state index is 6.53. The van der Waals surface area contributed by atoms with Crippen LogP contribution in [0.4, 0.5) is 17.1 Å². The van der Waals surface area contributed by atoms with Gasteiger partial charge in [-0.3, -0.25) is 0 Å². The van der Waals surface area contributed by atoms with Gasteiger partial charge in [0.1, 0.15) is 11.2 Å². The van der Waals surface area contributed by atoms with Crippen LogP contribution in [-0.4, -0.2) is 0 Å². The normalized spacial score (nSPS) is 11.8. The van der Waals surface area contributed by atoms with Crippen molar-refractivity contribution in [3.63, 3.8) is 0 Å². The van der Waals surface area contributed by atoms with E-state index in [9.17, 15) is 0 Å². The highest BCUT2D eigenvalue weighted by Gasteiger charge is 2.21. The molecule has 0 aliphatic heterocycles. The zero-order chi connectivity index (χ0) is 30.9. The first kappa shape index (κ1) is 26.3. The lowest BCUT2D eigenvalue weighted by molar-refractivity contribution is 0.669. The third kappa shape index (κ3) is 4.10. The number of anilines is 3. The largest absolute Gasteiger partial charge is 0.456 e. The highest BCUT2D eigenvalue weighted by molar-refractivity contribution is 7.26. The fourth-order valence-corrected chi connectivity index (χ4v) is 8.52. The van der Waals surface area contributed by atoms with Crippen LogP contribution in [0.1, 0.15) is 0 Å². The second kappa shape index (κ2) is 10.3. The van der Waals surface area contributed by atoms with Gasteiger partial charge in [-0.1, -0.05) is 127 Å². The fourth-order valence-electron chi connectivity index (χ4n) is 7.25. The van der Waals surface area contributed by atoms with E-state index in [1.165, 1.54) is 52.8 Å². The van der Waals surface area contributed by atoms with Crippen molar-refractivity contribution in [3.05, 3.63) is 164 Å². The number of thiophene rings is 1. The van der Waals surface area contributed by atoms with Crippen molar-refractivity contribution in [2.24, 2.45) is 0 Å². The first-order chi connectivity index (χ1) is 23.3. The summed E-state index contributed by atoms with van der Waals surface area (Å²) >= 11 is 1.88. The Labute approximate surface area is 275 Å². The summed E-state index contributed by atoms with van der Waals surface area (Å²) < 4.78 is 9.13. The minimum absolute atomic E-state index is 0.889. The fraction of sp³-hybridized carbons (Fsp3) is 0. The molecule has 0 bridgehead atoms. The Kier molecular flexibility index (Phi) is 5.78. The lowest BCUT2D eigenvalue weighted by atomic mass is 10.00. The highest BCUT2D eigenvalue weighted by atomic mass is 32.1. The van der Waals surface area contributed by atoms with E-state index in [-0.39, 0.29) is 0 Å². The molecule has 3 heteroatoms. The van der Waals surface area contributed by atoms with Crippen LogP contribution in [0.15, 0.2) is 168 Å². The summed E-state index contributed by atoms with van der Waals surface area (Å²) in [7, 11) is 0. The van der Waals surface area contributed by atoms with E-state index in [1.807, 2.05) is 17.4 Å². The molecule has 0 saturated heterocycles. The summed E-state index contributed by atoms with van der Waals surface area (Å²) in [6, 6.07) is 58.9.